The number of rotatable bonds is 5. The minimum absolute atomic E-state index is 0.692. The first-order valence-electron chi connectivity index (χ1n) is 11.7. The van der Waals surface area contributed by atoms with E-state index in [1.54, 1.807) is 11.3 Å². The third-order valence-corrected chi connectivity index (χ3v) is 7.99. The van der Waals surface area contributed by atoms with Crippen LogP contribution < -0.4 is 4.90 Å². The highest BCUT2D eigenvalue weighted by Crippen LogP contribution is 2.44. The maximum Gasteiger partial charge on any atom is 0.101 e. The SMILES string of the molecule is Sc1cc(Cl)ccc1-c1ccc(-c2ccc(N(c3ccccc3)c3ccccc3)s2)c2ccccc12. The molecule has 6 aromatic rings. The van der Waals surface area contributed by atoms with Gasteiger partial charge in [0.15, 0.2) is 0 Å². The molecule has 36 heavy (non-hydrogen) atoms. The van der Waals surface area contributed by atoms with Crippen molar-refractivity contribution in [2.45, 2.75) is 4.90 Å². The fourth-order valence-corrected chi connectivity index (χ4v) is 6.30. The van der Waals surface area contributed by atoms with Crippen molar-refractivity contribution < 1.29 is 0 Å². The van der Waals surface area contributed by atoms with Gasteiger partial charge < -0.3 is 4.90 Å². The molecular weight excluding hydrogens is 498 g/mol. The number of nitrogens with zero attached hydrogens (tertiary/aromatic N) is 1. The Morgan fingerprint density at radius 3 is 1.75 bits per heavy atom. The van der Waals surface area contributed by atoms with Crippen molar-refractivity contribution in [1.82, 2.24) is 0 Å². The third-order valence-electron chi connectivity index (χ3n) is 6.28. The summed E-state index contributed by atoms with van der Waals surface area (Å²) in [4.78, 5) is 4.41. The Balaban J connectivity index is 1.48. The number of halogens is 1. The normalized spacial score (nSPS) is 11.1. The molecule has 174 valence electrons. The summed E-state index contributed by atoms with van der Waals surface area (Å²) in [6, 6.07) is 44.4. The molecule has 1 nitrogen and oxygen atoms in total. The smallest absolute Gasteiger partial charge is 0.101 e. The van der Waals surface area contributed by atoms with Crippen LogP contribution in [-0.4, -0.2) is 0 Å². The van der Waals surface area contributed by atoms with E-state index in [0.29, 0.717) is 5.02 Å². The van der Waals surface area contributed by atoms with Gasteiger partial charge in [-0.15, -0.1) is 24.0 Å². The van der Waals surface area contributed by atoms with Gasteiger partial charge >= 0.3 is 0 Å². The summed E-state index contributed by atoms with van der Waals surface area (Å²) < 4.78 is 0. The van der Waals surface area contributed by atoms with Gasteiger partial charge in [0.05, 0.1) is 0 Å². The van der Waals surface area contributed by atoms with Crippen LogP contribution in [0.25, 0.3) is 32.3 Å². The van der Waals surface area contributed by atoms with Crippen molar-refractivity contribution in [3.63, 3.8) is 0 Å². The van der Waals surface area contributed by atoms with Gasteiger partial charge in [-0.2, -0.15) is 0 Å². The molecule has 0 amide bonds. The van der Waals surface area contributed by atoms with E-state index in [1.165, 1.54) is 26.2 Å². The number of thiophene rings is 1. The average molecular weight is 520 g/mol. The summed E-state index contributed by atoms with van der Waals surface area (Å²) in [6.07, 6.45) is 0. The molecule has 1 aromatic heterocycles. The van der Waals surface area contributed by atoms with E-state index in [0.717, 1.165) is 27.4 Å². The monoisotopic (exact) mass is 519 g/mol. The fraction of sp³-hybridized carbons (Fsp3) is 0. The number of anilines is 3. The number of benzene rings is 5. The van der Waals surface area contributed by atoms with Crippen molar-refractivity contribution >= 4 is 62.7 Å². The number of para-hydroxylation sites is 2. The van der Waals surface area contributed by atoms with E-state index in [1.807, 2.05) is 18.2 Å². The number of hydrogen-bond acceptors (Lipinski definition) is 3. The topological polar surface area (TPSA) is 3.24 Å². The summed E-state index contributed by atoms with van der Waals surface area (Å²) in [5.74, 6) is 0. The Kier molecular flexibility index (Phi) is 6.28. The van der Waals surface area contributed by atoms with Crippen LogP contribution in [0, 0.1) is 0 Å². The lowest BCUT2D eigenvalue weighted by atomic mass is 9.94. The van der Waals surface area contributed by atoms with Gasteiger partial charge in [-0.3, -0.25) is 0 Å². The van der Waals surface area contributed by atoms with Gasteiger partial charge in [0.2, 0.25) is 0 Å². The van der Waals surface area contributed by atoms with Gasteiger partial charge in [0, 0.05) is 26.2 Å². The Bertz CT molecular complexity index is 1620. The molecule has 1 heterocycles. The summed E-state index contributed by atoms with van der Waals surface area (Å²) in [5, 5.41) is 4.28. The van der Waals surface area contributed by atoms with Crippen LogP contribution in [0.1, 0.15) is 0 Å². The highest BCUT2D eigenvalue weighted by Gasteiger charge is 2.17. The molecule has 4 heteroatoms. The van der Waals surface area contributed by atoms with Crippen molar-refractivity contribution in [1.29, 1.82) is 0 Å². The van der Waals surface area contributed by atoms with E-state index in [4.69, 9.17) is 24.2 Å². The zero-order chi connectivity index (χ0) is 24.5. The van der Waals surface area contributed by atoms with Crippen LogP contribution in [0.3, 0.4) is 0 Å². The largest absolute Gasteiger partial charge is 0.302 e. The molecule has 0 saturated carbocycles. The van der Waals surface area contributed by atoms with Crippen LogP contribution >= 0.6 is 35.6 Å². The van der Waals surface area contributed by atoms with Gasteiger partial charge in [-0.05, 0) is 76.0 Å². The van der Waals surface area contributed by atoms with Crippen LogP contribution in [-0.2, 0) is 0 Å². The maximum absolute atomic E-state index is 6.19. The third kappa shape index (κ3) is 4.31. The van der Waals surface area contributed by atoms with Gasteiger partial charge in [0.1, 0.15) is 5.00 Å². The predicted octanol–water partition coefficient (Wildman–Crippen LogP) is 10.6. The van der Waals surface area contributed by atoms with Gasteiger partial charge in [-0.25, -0.2) is 0 Å². The molecule has 0 aliphatic heterocycles. The van der Waals surface area contributed by atoms with E-state index in [2.05, 4.69) is 114 Å². The summed E-state index contributed by atoms with van der Waals surface area (Å²) in [6.45, 7) is 0. The van der Waals surface area contributed by atoms with Crippen LogP contribution in [0.5, 0.6) is 0 Å². The second-order valence-electron chi connectivity index (χ2n) is 8.51. The summed E-state index contributed by atoms with van der Waals surface area (Å²) in [7, 11) is 0. The second-order valence-corrected chi connectivity index (χ2v) is 10.5. The van der Waals surface area contributed by atoms with E-state index >= 15 is 0 Å². The number of fused-ring (bicyclic) bond motifs is 1. The average Bonchev–Trinajstić information content (AvgIpc) is 3.39. The van der Waals surface area contributed by atoms with Crippen molar-refractivity contribution in [2.75, 3.05) is 4.90 Å². The lowest BCUT2D eigenvalue weighted by Gasteiger charge is -2.23. The molecule has 5 aromatic carbocycles. The molecule has 6 rings (SSSR count). The fourth-order valence-electron chi connectivity index (χ4n) is 4.63. The highest BCUT2D eigenvalue weighted by atomic mass is 35.5. The summed E-state index contributed by atoms with van der Waals surface area (Å²) >= 11 is 12.7. The highest BCUT2D eigenvalue weighted by molar-refractivity contribution is 7.80. The van der Waals surface area contributed by atoms with Crippen LogP contribution in [0.2, 0.25) is 5.02 Å². The molecular formula is C32H22ClNS2. The first-order valence-corrected chi connectivity index (χ1v) is 13.3. The lowest BCUT2D eigenvalue weighted by molar-refractivity contribution is 1.32. The molecule has 0 aliphatic carbocycles. The maximum atomic E-state index is 6.19. The molecule has 0 radical (unpaired) electrons. The molecule has 0 atom stereocenters. The van der Waals surface area contributed by atoms with Gasteiger partial charge in [-0.1, -0.05) is 90.5 Å². The Morgan fingerprint density at radius 2 is 1.11 bits per heavy atom. The van der Waals surface area contributed by atoms with Crippen molar-refractivity contribution in [2.24, 2.45) is 0 Å². The first kappa shape index (κ1) is 22.9. The van der Waals surface area contributed by atoms with E-state index in [-0.39, 0.29) is 0 Å². The quantitative estimate of drug-likeness (QED) is 0.222. The molecule has 0 fully saturated rings. The van der Waals surface area contributed by atoms with E-state index < -0.39 is 0 Å². The molecule has 0 N–H and O–H groups in total. The molecule has 0 aliphatic rings. The Hall–Kier alpha value is -3.50. The Labute approximate surface area is 225 Å². The molecule has 0 spiro atoms. The number of hydrogen-bond donors (Lipinski definition) is 1. The zero-order valence-corrected chi connectivity index (χ0v) is 21.8. The minimum atomic E-state index is 0.692. The van der Waals surface area contributed by atoms with Crippen LogP contribution in [0.4, 0.5) is 16.4 Å². The number of thiol groups is 1. The standard InChI is InChI=1S/C32H22ClNS2/c33-22-15-16-28(30(35)21-22)27-17-18-29(26-14-8-7-13-25(26)27)31-19-20-32(36-31)34(23-9-3-1-4-10-23)24-11-5-2-6-12-24/h1-21,35H. The minimum Gasteiger partial charge on any atom is -0.302 e. The molecule has 0 unspecified atom stereocenters. The predicted molar refractivity (Wildman–Crippen MR) is 160 cm³/mol. The van der Waals surface area contributed by atoms with Crippen molar-refractivity contribution in [3.8, 4) is 21.6 Å². The molecule has 0 bridgehead atoms. The second kappa shape index (κ2) is 9.87. The molecule has 0 saturated heterocycles. The Morgan fingerprint density at radius 1 is 0.556 bits per heavy atom. The van der Waals surface area contributed by atoms with Gasteiger partial charge in [0.25, 0.3) is 0 Å². The zero-order valence-electron chi connectivity index (χ0n) is 19.3. The first-order chi connectivity index (χ1) is 17.7. The van der Waals surface area contributed by atoms with E-state index in [9.17, 15) is 0 Å². The summed E-state index contributed by atoms with van der Waals surface area (Å²) in [5.41, 5.74) is 5.74. The van der Waals surface area contributed by atoms with Crippen molar-refractivity contribution in [3.05, 3.63) is 132 Å². The van der Waals surface area contributed by atoms with Crippen LogP contribution in [0.15, 0.2) is 132 Å². The lowest BCUT2D eigenvalue weighted by Crippen LogP contribution is -2.07.